The van der Waals surface area contributed by atoms with Crippen molar-refractivity contribution < 1.29 is 14.6 Å². The van der Waals surface area contributed by atoms with Gasteiger partial charge in [-0.15, -0.1) is 11.3 Å². The van der Waals surface area contributed by atoms with Crippen LogP contribution >= 0.6 is 11.3 Å². The molecule has 1 atom stereocenters. The molecule has 1 aromatic heterocycles. The lowest BCUT2D eigenvalue weighted by molar-refractivity contribution is 0.0920. The van der Waals surface area contributed by atoms with E-state index in [1.54, 1.807) is 31.4 Å². The molecule has 4 nitrogen and oxygen atoms in total. The van der Waals surface area contributed by atoms with Crippen molar-refractivity contribution in [1.29, 1.82) is 0 Å². The summed E-state index contributed by atoms with van der Waals surface area (Å²) in [6, 6.07) is 16.9. The van der Waals surface area contributed by atoms with Crippen molar-refractivity contribution in [3.63, 3.8) is 0 Å². The molecular weight excluding hydrogens is 310 g/mol. The average molecular weight is 327 g/mol. The van der Waals surface area contributed by atoms with E-state index in [9.17, 15) is 9.90 Å². The number of carbonyl (C=O) groups excluding carboxylic acids is 1. The van der Waals surface area contributed by atoms with Crippen molar-refractivity contribution in [2.75, 3.05) is 13.7 Å². The van der Waals surface area contributed by atoms with Gasteiger partial charge < -0.3 is 15.2 Å². The van der Waals surface area contributed by atoms with E-state index in [0.717, 1.165) is 21.4 Å². The molecule has 0 fully saturated rings. The third-order valence-electron chi connectivity index (χ3n) is 3.61. The predicted molar refractivity (Wildman–Crippen MR) is 92.1 cm³/mol. The summed E-state index contributed by atoms with van der Waals surface area (Å²) in [5.41, 5.74) is 0.738. The first-order valence-electron chi connectivity index (χ1n) is 7.26. The Kier molecular flexibility index (Phi) is 4.60. The second-order valence-corrected chi connectivity index (χ2v) is 6.23. The summed E-state index contributed by atoms with van der Waals surface area (Å²) < 4.78 is 6.16. The van der Waals surface area contributed by atoms with E-state index in [2.05, 4.69) is 5.32 Å². The number of benzene rings is 2. The van der Waals surface area contributed by atoms with Crippen LogP contribution in [0.15, 0.2) is 54.6 Å². The summed E-state index contributed by atoms with van der Waals surface area (Å²) in [4.78, 5) is 12.9. The van der Waals surface area contributed by atoms with Crippen LogP contribution in [0.4, 0.5) is 0 Å². The van der Waals surface area contributed by atoms with Crippen LogP contribution < -0.4 is 10.1 Å². The minimum absolute atomic E-state index is 0.166. The maximum atomic E-state index is 12.2. The molecule has 2 aromatic carbocycles. The number of thiophene rings is 1. The van der Waals surface area contributed by atoms with Crippen molar-refractivity contribution in [3.05, 3.63) is 65.0 Å². The number of hydrogen-bond donors (Lipinski definition) is 2. The molecule has 0 saturated heterocycles. The topological polar surface area (TPSA) is 58.6 Å². The lowest BCUT2D eigenvalue weighted by Crippen LogP contribution is -2.27. The van der Waals surface area contributed by atoms with Crippen LogP contribution in [0, 0.1) is 0 Å². The first-order valence-corrected chi connectivity index (χ1v) is 8.08. The van der Waals surface area contributed by atoms with Crippen LogP contribution in [-0.4, -0.2) is 24.7 Å². The predicted octanol–water partition coefficient (Wildman–Crippen LogP) is 3.37. The number of carbonyl (C=O) groups is 1. The fourth-order valence-electron chi connectivity index (χ4n) is 2.31. The Morgan fingerprint density at radius 3 is 2.65 bits per heavy atom. The molecular formula is C18H17NO3S. The molecule has 0 aliphatic rings. The Morgan fingerprint density at radius 2 is 1.96 bits per heavy atom. The highest BCUT2D eigenvalue weighted by Crippen LogP contribution is 2.25. The maximum Gasteiger partial charge on any atom is 0.261 e. The van der Waals surface area contributed by atoms with Gasteiger partial charge in [-0.05, 0) is 35.2 Å². The molecule has 0 aliphatic heterocycles. The zero-order valence-corrected chi connectivity index (χ0v) is 13.5. The number of ether oxygens (including phenoxy) is 1. The Morgan fingerprint density at radius 1 is 1.22 bits per heavy atom. The first kappa shape index (κ1) is 15.5. The standard InChI is InChI=1S/C18H17NO3S/c1-22-14-8-6-12(7-9-14)15(20)11-19-18(21)17-10-13-4-2-3-5-16(13)23-17/h2-10,15,20H,11H2,1H3,(H,19,21). The van der Waals surface area contributed by atoms with Crippen LogP contribution in [0.1, 0.15) is 21.3 Å². The highest BCUT2D eigenvalue weighted by Gasteiger charge is 2.13. The third kappa shape index (κ3) is 3.52. The highest BCUT2D eigenvalue weighted by atomic mass is 32.1. The van der Waals surface area contributed by atoms with Crippen molar-refractivity contribution in [1.82, 2.24) is 5.32 Å². The maximum absolute atomic E-state index is 12.2. The van der Waals surface area contributed by atoms with Crippen LogP contribution in [0.3, 0.4) is 0 Å². The van der Waals surface area contributed by atoms with Gasteiger partial charge in [0.2, 0.25) is 0 Å². The summed E-state index contributed by atoms with van der Waals surface area (Å²) in [5, 5.41) is 14.0. The van der Waals surface area contributed by atoms with Crippen molar-refractivity contribution in [3.8, 4) is 5.75 Å². The van der Waals surface area contributed by atoms with Gasteiger partial charge in [0, 0.05) is 11.2 Å². The molecule has 118 valence electrons. The normalized spacial score (nSPS) is 12.1. The van der Waals surface area contributed by atoms with E-state index in [0.29, 0.717) is 4.88 Å². The van der Waals surface area contributed by atoms with Crippen LogP contribution in [0.2, 0.25) is 0 Å². The van der Waals surface area contributed by atoms with Gasteiger partial charge in [0.25, 0.3) is 5.91 Å². The smallest absolute Gasteiger partial charge is 0.261 e. The zero-order valence-electron chi connectivity index (χ0n) is 12.7. The van der Waals surface area contributed by atoms with Crippen molar-refractivity contribution >= 4 is 27.3 Å². The Balaban J connectivity index is 1.63. The molecule has 0 aliphatic carbocycles. The van der Waals surface area contributed by atoms with Crippen LogP contribution in [0.25, 0.3) is 10.1 Å². The summed E-state index contributed by atoms with van der Waals surface area (Å²) >= 11 is 1.45. The molecule has 3 rings (SSSR count). The van der Waals surface area contributed by atoms with Gasteiger partial charge in [0.1, 0.15) is 5.75 Å². The van der Waals surface area contributed by atoms with Gasteiger partial charge >= 0.3 is 0 Å². The quantitative estimate of drug-likeness (QED) is 0.755. The van der Waals surface area contributed by atoms with Gasteiger partial charge in [0.15, 0.2) is 0 Å². The van der Waals surface area contributed by atoms with Crippen molar-refractivity contribution in [2.45, 2.75) is 6.10 Å². The molecule has 0 spiro atoms. The molecule has 0 radical (unpaired) electrons. The van der Waals surface area contributed by atoms with E-state index in [4.69, 9.17) is 4.74 Å². The fourth-order valence-corrected chi connectivity index (χ4v) is 3.29. The molecule has 1 unspecified atom stereocenters. The monoisotopic (exact) mass is 327 g/mol. The molecule has 5 heteroatoms. The van der Waals surface area contributed by atoms with E-state index in [-0.39, 0.29) is 12.5 Å². The third-order valence-corrected chi connectivity index (χ3v) is 4.72. The summed E-state index contributed by atoms with van der Waals surface area (Å²) in [5.74, 6) is 0.564. The largest absolute Gasteiger partial charge is 0.497 e. The highest BCUT2D eigenvalue weighted by molar-refractivity contribution is 7.20. The zero-order chi connectivity index (χ0) is 16.2. The summed E-state index contributed by atoms with van der Waals surface area (Å²) in [6.45, 7) is 0.166. The van der Waals surface area contributed by atoms with E-state index in [1.807, 2.05) is 30.3 Å². The minimum atomic E-state index is -0.751. The molecule has 1 heterocycles. The summed E-state index contributed by atoms with van der Waals surface area (Å²) in [6.07, 6.45) is -0.751. The number of fused-ring (bicyclic) bond motifs is 1. The molecule has 23 heavy (non-hydrogen) atoms. The number of hydrogen-bond acceptors (Lipinski definition) is 4. The second-order valence-electron chi connectivity index (χ2n) is 5.15. The van der Waals surface area contributed by atoms with Gasteiger partial charge in [-0.1, -0.05) is 30.3 Å². The Hall–Kier alpha value is -2.37. The minimum Gasteiger partial charge on any atom is -0.497 e. The van der Waals surface area contributed by atoms with Gasteiger partial charge in [-0.25, -0.2) is 0 Å². The number of aliphatic hydroxyl groups is 1. The fraction of sp³-hybridized carbons (Fsp3) is 0.167. The Bertz CT molecular complexity index is 778. The number of methoxy groups -OCH3 is 1. The van der Waals surface area contributed by atoms with Gasteiger partial charge in [-0.3, -0.25) is 4.79 Å². The van der Waals surface area contributed by atoms with Crippen LogP contribution in [-0.2, 0) is 0 Å². The number of amides is 1. The SMILES string of the molecule is COc1ccc(C(O)CNC(=O)c2cc3ccccc3s2)cc1. The van der Waals surface area contributed by atoms with Crippen LogP contribution in [0.5, 0.6) is 5.75 Å². The molecule has 0 bridgehead atoms. The van der Waals surface area contributed by atoms with E-state index >= 15 is 0 Å². The van der Waals surface area contributed by atoms with Gasteiger partial charge in [0.05, 0.1) is 18.1 Å². The average Bonchev–Trinajstić information content (AvgIpc) is 3.03. The van der Waals surface area contributed by atoms with Crippen molar-refractivity contribution in [2.24, 2.45) is 0 Å². The number of rotatable bonds is 5. The summed E-state index contributed by atoms with van der Waals surface area (Å²) in [7, 11) is 1.59. The number of nitrogens with one attached hydrogen (secondary N) is 1. The number of aliphatic hydroxyl groups excluding tert-OH is 1. The second kappa shape index (κ2) is 6.81. The lowest BCUT2D eigenvalue weighted by atomic mass is 10.1. The molecule has 1 amide bonds. The Labute approximate surface area is 138 Å². The molecule has 0 saturated carbocycles. The van der Waals surface area contributed by atoms with Gasteiger partial charge in [-0.2, -0.15) is 0 Å². The molecule has 2 N–H and O–H groups in total. The first-order chi connectivity index (χ1) is 11.2. The van der Waals surface area contributed by atoms with E-state index < -0.39 is 6.10 Å². The lowest BCUT2D eigenvalue weighted by Gasteiger charge is -2.12. The van der Waals surface area contributed by atoms with E-state index in [1.165, 1.54) is 11.3 Å². The molecule has 3 aromatic rings.